The van der Waals surface area contributed by atoms with Crippen LogP contribution in [-0.2, 0) is 24.8 Å². The molecule has 1 amide bonds. The van der Waals surface area contributed by atoms with Crippen molar-refractivity contribution in [2.75, 3.05) is 35.1 Å². The van der Waals surface area contributed by atoms with E-state index in [1.807, 2.05) is 6.92 Å². The van der Waals surface area contributed by atoms with Crippen LogP contribution in [0.3, 0.4) is 0 Å². The van der Waals surface area contributed by atoms with E-state index in [4.69, 9.17) is 21.1 Å². The maximum atomic E-state index is 13.7. The van der Waals surface area contributed by atoms with Gasteiger partial charge in [-0.25, -0.2) is 16.8 Å². The zero-order chi connectivity index (χ0) is 31.4. The summed E-state index contributed by atoms with van der Waals surface area (Å²) in [5.74, 6) is 0.0845. The average molecular weight is 644 g/mol. The Hall–Kier alpha value is -4.26. The first-order valence-corrected chi connectivity index (χ1v) is 16.1. The standard InChI is InChI=1S/C30H30ClN3O7S2/c1-20-8-13-25(14-9-20)43(38,39)34(28-7-5-6-26(31)21(28)2)19-30(35)32-22-10-15-24(16-11-22)42(36,37)33-27-18-23(40-3)12-17-29(27)41-4/h5-18,33H,19H2,1-4H3,(H,32,35). The average Bonchev–Trinajstić information content (AvgIpc) is 2.97. The van der Waals surface area contributed by atoms with Crippen LogP contribution < -0.4 is 23.8 Å². The predicted octanol–water partition coefficient (Wildman–Crippen LogP) is 5.61. The van der Waals surface area contributed by atoms with Crippen LogP contribution in [0.1, 0.15) is 11.1 Å². The molecule has 0 aliphatic rings. The van der Waals surface area contributed by atoms with Gasteiger partial charge in [-0.3, -0.25) is 13.8 Å². The lowest BCUT2D eigenvalue weighted by Crippen LogP contribution is -2.38. The third-order valence-electron chi connectivity index (χ3n) is 6.50. The molecular formula is C30H30ClN3O7S2. The maximum Gasteiger partial charge on any atom is 0.264 e. The van der Waals surface area contributed by atoms with Crippen molar-refractivity contribution in [2.24, 2.45) is 0 Å². The third-order valence-corrected chi connectivity index (χ3v) is 10.1. The second-order valence-electron chi connectivity index (χ2n) is 9.45. The van der Waals surface area contributed by atoms with Crippen LogP contribution in [-0.4, -0.2) is 43.5 Å². The number of sulfonamides is 2. The summed E-state index contributed by atoms with van der Waals surface area (Å²) in [5.41, 5.74) is 2.07. The number of aryl methyl sites for hydroxylation is 1. The summed E-state index contributed by atoms with van der Waals surface area (Å²) in [6.07, 6.45) is 0. The Balaban J connectivity index is 1.56. The van der Waals surface area contributed by atoms with Crippen molar-refractivity contribution in [1.82, 2.24) is 0 Å². The smallest absolute Gasteiger partial charge is 0.264 e. The van der Waals surface area contributed by atoms with E-state index < -0.39 is 32.5 Å². The summed E-state index contributed by atoms with van der Waals surface area (Å²) in [5, 5.41) is 2.99. The first-order valence-electron chi connectivity index (χ1n) is 12.8. The van der Waals surface area contributed by atoms with Crippen LogP contribution in [0.2, 0.25) is 5.02 Å². The largest absolute Gasteiger partial charge is 0.497 e. The number of ether oxygens (including phenoxy) is 2. The first kappa shape index (κ1) is 31.7. The highest BCUT2D eigenvalue weighted by molar-refractivity contribution is 7.93. The van der Waals surface area contributed by atoms with E-state index in [9.17, 15) is 21.6 Å². The minimum Gasteiger partial charge on any atom is -0.497 e. The van der Waals surface area contributed by atoms with Crippen molar-refractivity contribution in [3.8, 4) is 11.5 Å². The van der Waals surface area contributed by atoms with Gasteiger partial charge in [0.05, 0.1) is 35.4 Å². The van der Waals surface area contributed by atoms with Gasteiger partial charge in [0.1, 0.15) is 18.0 Å². The topological polar surface area (TPSA) is 131 Å². The van der Waals surface area contributed by atoms with Crippen molar-refractivity contribution >= 4 is 54.6 Å². The molecule has 0 radical (unpaired) electrons. The molecule has 0 saturated carbocycles. The number of methoxy groups -OCH3 is 2. The molecule has 4 rings (SSSR count). The van der Waals surface area contributed by atoms with E-state index in [1.165, 1.54) is 56.7 Å². The quantitative estimate of drug-likeness (QED) is 0.217. The second kappa shape index (κ2) is 12.9. The number of carbonyl (C=O) groups excluding carboxylic acids is 1. The maximum absolute atomic E-state index is 13.7. The Kier molecular flexibility index (Phi) is 9.53. The van der Waals surface area contributed by atoms with Gasteiger partial charge in [0.2, 0.25) is 5.91 Å². The zero-order valence-electron chi connectivity index (χ0n) is 23.8. The summed E-state index contributed by atoms with van der Waals surface area (Å²) >= 11 is 6.29. The van der Waals surface area contributed by atoms with E-state index >= 15 is 0 Å². The lowest BCUT2D eigenvalue weighted by atomic mass is 10.2. The van der Waals surface area contributed by atoms with E-state index in [0.717, 1.165) is 9.87 Å². The zero-order valence-corrected chi connectivity index (χ0v) is 26.2. The van der Waals surface area contributed by atoms with Crippen molar-refractivity contribution in [2.45, 2.75) is 23.6 Å². The molecule has 10 nitrogen and oxygen atoms in total. The summed E-state index contributed by atoms with van der Waals surface area (Å²) in [4.78, 5) is 13.1. The molecule has 13 heteroatoms. The van der Waals surface area contributed by atoms with Crippen molar-refractivity contribution in [3.63, 3.8) is 0 Å². The van der Waals surface area contributed by atoms with E-state index in [2.05, 4.69) is 10.0 Å². The van der Waals surface area contributed by atoms with Crippen LogP contribution in [0.5, 0.6) is 11.5 Å². The lowest BCUT2D eigenvalue weighted by Gasteiger charge is -2.26. The molecule has 43 heavy (non-hydrogen) atoms. The first-order chi connectivity index (χ1) is 20.3. The molecule has 0 aromatic heterocycles. The number of hydrogen-bond acceptors (Lipinski definition) is 7. The van der Waals surface area contributed by atoms with E-state index in [1.54, 1.807) is 49.4 Å². The van der Waals surface area contributed by atoms with Crippen LogP contribution >= 0.6 is 11.6 Å². The highest BCUT2D eigenvalue weighted by Gasteiger charge is 2.29. The summed E-state index contributed by atoms with van der Waals surface area (Å²) in [6.45, 7) is 2.95. The van der Waals surface area contributed by atoms with Gasteiger partial charge in [0.25, 0.3) is 20.0 Å². The molecular weight excluding hydrogens is 614 g/mol. The van der Waals surface area contributed by atoms with Gasteiger partial charge >= 0.3 is 0 Å². The van der Waals surface area contributed by atoms with Crippen molar-refractivity contribution in [1.29, 1.82) is 0 Å². The molecule has 0 spiro atoms. The van der Waals surface area contributed by atoms with Crippen molar-refractivity contribution < 1.29 is 31.1 Å². The summed E-state index contributed by atoms with van der Waals surface area (Å²) in [6, 6.07) is 21.2. The summed E-state index contributed by atoms with van der Waals surface area (Å²) in [7, 11) is -5.32. The van der Waals surface area contributed by atoms with Gasteiger partial charge in [-0.05, 0) is 80.1 Å². The Morgan fingerprint density at radius 2 is 1.49 bits per heavy atom. The SMILES string of the molecule is COc1ccc(OC)c(NS(=O)(=O)c2ccc(NC(=O)CN(c3cccc(Cl)c3C)S(=O)(=O)c3ccc(C)cc3)cc2)c1. The van der Waals surface area contributed by atoms with Gasteiger partial charge in [0, 0.05) is 16.8 Å². The molecule has 0 aliphatic carbocycles. The third kappa shape index (κ3) is 7.22. The van der Waals surface area contributed by atoms with Crippen LogP contribution in [0, 0.1) is 13.8 Å². The Bertz CT molecular complexity index is 1850. The van der Waals surface area contributed by atoms with Crippen molar-refractivity contribution in [3.05, 3.63) is 101 Å². The van der Waals surface area contributed by atoms with Gasteiger partial charge < -0.3 is 14.8 Å². The molecule has 4 aromatic rings. The van der Waals surface area contributed by atoms with Gasteiger partial charge in [0.15, 0.2) is 0 Å². The summed E-state index contributed by atoms with van der Waals surface area (Å²) < 4.78 is 67.4. The number of rotatable bonds is 11. The Labute approximate surface area is 256 Å². The van der Waals surface area contributed by atoms with Gasteiger partial charge in [-0.2, -0.15) is 0 Å². The molecule has 2 N–H and O–H groups in total. The fourth-order valence-corrected chi connectivity index (χ4v) is 6.86. The number of benzene rings is 4. The normalized spacial score (nSPS) is 11.5. The number of carbonyl (C=O) groups is 1. The van der Waals surface area contributed by atoms with Crippen LogP contribution in [0.15, 0.2) is 94.7 Å². The molecule has 0 saturated heterocycles. The molecule has 4 aromatic carbocycles. The highest BCUT2D eigenvalue weighted by Crippen LogP contribution is 2.32. The Morgan fingerprint density at radius 3 is 2.12 bits per heavy atom. The molecule has 0 bridgehead atoms. The minimum absolute atomic E-state index is 0.0139. The van der Waals surface area contributed by atoms with Gasteiger partial charge in [-0.1, -0.05) is 35.4 Å². The molecule has 0 fully saturated rings. The minimum atomic E-state index is -4.16. The number of nitrogens with one attached hydrogen (secondary N) is 2. The predicted molar refractivity (Wildman–Crippen MR) is 167 cm³/mol. The molecule has 0 unspecified atom stereocenters. The number of halogens is 1. The lowest BCUT2D eigenvalue weighted by molar-refractivity contribution is -0.114. The number of amides is 1. The van der Waals surface area contributed by atoms with Crippen LogP contribution in [0.25, 0.3) is 0 Å². The Morgan fingerprint density at radius 1 is 0.837 bits per heavy atom. The fraction of sp³-hybridized carbons (Fsp3) is 0.167. The number of nitrogens with zero attached hydrogens (tertiary/aromatic N) is 1. The number of anilines is 3. The molecule has 0 atom stereocenters. The van der Waals surface area contributed by atoms with Gasteiger partial charge in [-0.15, -0.1) is 0 Å². The fourth-order valence-electron chi connectivity index (χ4n) is 4.15. The van der Waals surface area contributed by atoms with Crippen LogP contribution in [0.4, 0.5) is 17.1 Å². The van der Waals surface area contributed by atoms with E-state index in [-0.39, 0.29) is 26.9 Å². The van der Waals surface area contributed by atoms with E-state index in [0.29, 0.717) is 22.1 Å². The second-order valence-corrected chi connectivity index (χ2v) is 13.4. The number of hydrogen-bond donors (Lipinski definition) is 2. The molecule has 0 aliphatic heterocycles. The monoisotopic (exact) mass is 643 g/mol. The molecule has 226 valence electrons. The molecule has 0 heterocycles. The highest BCUT2D eigenvalue weighted by atomic mass is 35.5.